The fourth-order valence-electron chi connectivity index (χ4n) is 3.36. The molecule has 0 bridgehead atoms. The van der Waals surface area contributed by atoms with Crippen LogP contribution in [0.3, 0.4) is 0 Å². The predicted molar refractivity (Wildman–Crippen MR) is 148 cm³/mol. The molecule has 35 heavy (non-hydrogen) atoms. The van der Waals surface area contributed by atoms with Crippen molar-refractivity contribution in [3.05, 3.63) is 97.8 Å². The van der Waals surface area contributed by atoms with E-state index in [1.54, 1.807) is 29.2 Å². The second kappa shape index (κ2) is 11.5. The molecule has 4 nitrogen and oxygen atoms in total. The maximum Gasteiger partial charge on any atom is 0.266 e. The molecule has 0 saturated carbocycles. The van der Waals surface area contributed by atoms with Crippen LogP contribution in [0.4, 0.5) is 5.69 Å². The summed E-state index contributed by atoms with van der Waals surface area (Å²) in [7, 11) is 0. The molecule has 3 aromatic rings. The van der Waals surface area contributed by atoms with Crippen LogP contribution in [-0.4, -0.2) is 22.5 Å². The second-order valence-corrected chi connectivity index (χ2v) is 10.7. The van der Waals surface area contributed by atoms with Crippen molar-refractivity contribution >= 4 is 69.4 Å². The van der Waals surface area contributed by atoms with Crippen LogP contribution in [0.5, 0.6) is 5.75 Å². The van der Waals surface area contributed by atoms with E-state index in [0.29, 0.717) is 50.0 Å². The minimum absolute atomic E-state index is 0.0471. The Hall–Kier alpha value is -2.44. The minimum atomic E-state index is -0.0471. The Morgan fingerprint density at radius 2 is 1.66 bits per heavy atom. The van der Waals surface area contributed by atoms with Gasteiger partial charge in [-0.2, -0.15) is 0 Å². The number of aliphatic imine (C=N–C) groups is 1. The number of ether oxygens (including phenoxy) is 1. The fraction of sp³-hybridized carbons (Fsp3) is 0.185. The Bertz CT molecular complexity index is 1270. The molecule has 0 aliphatic carbocycles. The normalized spacial score (nSPS) is 16.1. The Labute approximate surface area is 224 Å². The lowest BCUT2D eigenvalue weighted by Crippen LogP contribution is -2.32. The molecule has 0 radical (unpaired) electrons. The third-order valence-electron chi connectivity index (χ3n) is 5.07. The Balaban J connectivity index is 1.49. The van der Waals surface area contributed by atoms with Gasteiger partial charge in [0.15, 0.2) is 5.17 Å². The van der Waals surface area contributed by atoms with Crippen LogP contribution in [0.15, 0.2) is 76.6 Å². The summed E-state index contributed by atoms with van der Waals surface area (Å²) in [5.41, 5.74) is 2.50. The molecule has 4 rings (SSSR count). The average molecular weight is 546 g/mol. The van der Waals surface area contributed by atoms with Crippen LogP contribution in [0.1, 0.15) is 25.0 Å². The molecule has 180 valence electrons. The summed E-state index contributed by atoms with van der Waals surface area (Å²) in [4.78, 5) is 20.2. The maximum atomic E-state index is 13.2. The number of hydrogen-bond acceptors (Lipinski definition) is 4. The molecule has 3 aromatic carbocycles. The second-order valence-electron chi connectivity index (χ2n) is 8.38. The van der Waals surface area contributed by atoms with Crippen molar-refractivity contribution in [2.45, 2.75) is 20.5 Å². The van der Waals surface area contributed by atoms with Crippen molar-refractivity contribution in [3.63, 3.8) is 0 Å². The highest BCUT2D eigenvalue weighted by Gasteiger charge is 2.33. The van der Waals surface area contributed by atoms with Crippen LogP contribution >= 0.6 is 46.6 Å². The topological polar surface area (TPSA) is 41.9 Å². The smallest absolute Gasteiger partial charge is 0.266 e. The number of thioether (sulfide) groups is 1. The zero-order valence-electron chi connectivity index (χ0n) is 19.2. The van der Waals surface area contributed by atoms with E-state index in [-0.39, 0.29) is 5.91 Å². The summed E-state index contributed by atoms with van der Waals surface area (Å²) in [6.07, 6.45) is 1.88. The third kappa shape index (κ3) is 6.83. The van der Waals surface area contributed by atoms with Crippen LogP contribution < -0.4 is 4.74 Å². The summed E-state index contributed by atoms with van der Waals surface area (Å²) >= 11 is 19.5. The Morgan fingerprint density at radius 3 is 2.31 bits per heavy atom. The number of amidine groups is 1. The molecular formula is C27H23Cl3N2O2S. The van der Waals surface area contributed by atoms with Gasteiger partial charge in [-0.3, -0.25) is 9.69 Å². The highest BCUT2D eigenvalue weighted by molar-refractivity contribution is 8.18. The van der Waals surface area contributed by atoms with Gasteiger partial charge in [-0.15, -0.1) is 0 Å². The highest BCUT2D eigenvalue weighted by atomic mass is 35.5. The van der Waals surface area contributed by atoms with Crippen LogP contribution in [0, 0.1) is 5.92 Å². The van der Waals surface area contributed by atoms with E-state index in [1.807, 2.05) is 48.5 Å². The average Bonchev–Trinajstić information content (AvgIpc) is 3.09. The van der Waals surface area contributed by atoms with Gasteiger partial charge < -0.3 is 4.74 Å². The number of carbonyl (C=O) groups is 1. The molecular weight excluding hydrogens is 523 g/mol. The zero-order chi connectivity index (χ0) is 24.9. The minimum Gasteiger partial charge on any atom is -0.489 e. The summed E-state index contributed by atoms with van der Waals surface area (Å²) in [6, 6.07) is 20.2. The molecule has 1 aliphatic rings. The van der Waals surface area contributed by atoms with E-state index < -0.39 is 0 Å². The standard InChI is InChI=1S/C27H23Cl3N2O2S/c1-17(2)15-32-26(33)25(35-27(32)31-22-9-7-20(28)8-10-22)13-18-3-11-23(12-4-18)34-16-19-5-6-21(29)14-24(19)30/h3-14,17H,15-16H2,1-2H3/b25-13-,31-27?. The monoisotopic (exact) mass is 544 g/mol. The number of benzene rings is 3. The largest absolute Gasteiger partial charge is 0.489 e. The third-order valence-corrected chi connectivity index (χ3v) is 6.92. The quantitative estimate of drug-likeness (QED) is 0.280. The Kier molecular flexibility index (Phi) is 8.45. The van der Waals surface area contributed by atoms with Gasteiger partial charge >= 0.3 is 0 Å². The van der Waals surface area contributed by atoms with E-state index in [2.05, 4.69) is 13.8 Å². The number of hydrogen-bond donors (Lipinski definition) is 0. The maximum absolute atomic E-state index is 13.2. The highest BCUT2D eigenvalue weighted by Crippen LogP contribution is 2.35. The molecule has 1 saturated heterocycles. The molecule has 0 aromatic heterocycles. The van der Waals surface area contributed by atoms with Crippen molar-refractivity contribution in [2.75, 3.05) is 6.54 Å². The molecule has 1 amide bonds. The fourth-order valence-corrected chi connectivity index (χ4v) is 4.95. The molecule has 1 aliphatic heterocycles. The van der Waals surface area contributed by atoms with Gasteiger partial charge in [0.05, 0.1) is 10.6 Å². The van der Waals surface area contributed by atoms with Gasteiger partial charge in [-0.1, -0.05) is 66.8 Å². The number of rotatable bonds is 7. The molecule has 0 unspecified atom stereocenters. The first-order valence-electron chi connectivity index (χ1n) is 11.0. The van der Waals surface area contributed by atoms with E-state index in [9.17, 15) is 4.79 Å². The van der Waals surface area contributed by atoms with Crippen molar-refractivity contribution in [1.29, 1.82) is 0 Å². The lowest BCUT2D eigenvalue weighted by Gasteiger charge is -2.17. The molecule has 0 N–H and O–H groups in total. The first kappa shape index (κ1) is 25.6. The number of nitrogens with zero attached hydrogens (tertiary/aromatic N) is 2. The van der Waals surface area contributed by atoms with Gasteiger partial charge in [0.1, 0.15) is 12.4 Å². The summed E-state index contributed by atoms with van der Waals surface area (Å²) in [5.74, 6) is 0.962. The van der Waals surface area contributed by atoms with E-state index in [4.69, 9.17) is 44.5 Å². The van der Waals surface area contributed by atoms with Crippen molar-refractivity contribution in [1.82, 2.24) is 4.90 Å². The number of amides is 1. The molecule has 1 heterocycles. The first-order valence-corrected chi connectivity index (χ1v) is 13.0. The number of halogens is 3. The Morgan fingerprint density at radius 1 is 0.971 bits per heavy atom. The first-order chi connectivity index (χ1) is 16.8. The molecule has 0 atom stereocenters. The van der Waals surface area contributed by atoms with Gasteiger partial charge in [0.25, 0.3) is 5.91 Å². The number of carbonyl (C=O) groups excluding carboxylic acids is 1. The van der Waals surface area contributed by atoms with Crippen LogP contribution in [0.2, 0.25) is 15.1 Å². The van der Waals surface area contributed by atoms with Gasteiger partial charge in [0, 0.05) is 27.2 Å². The lowest BCUT2D eigenvalue weighted by atomic mass is 10.2. The van der Waals surface area contributed by atoms with Crippen molar-refractivity contribution in [3.8, 4) is 5.75 Å². The van der Waals surface area contributed by atoms with Crippen molar-refractivity contribution < 1.29 is 9.53 Å². The lowest BCUT2D eigenvalue weighted by molar-refractivity contribution is -0.122. The van der Waals surface area contributed by atoms with Gasteiger partial charge in [-0.25, -0.2) is 4.99 Å². The zero-order valence-corrected chi connectivity index (χ0v) is 22.3. The van der Waals surface area contributed by atoms with Gasteiger partial charge in [-0.05, 0) is 77.9 Å². The predicted octanol–water partition coefficient (Wildman–Crippen LogP) is 8.49. The molecule has 1 fully saturated rings. The van der Waals surface area contributed by atoms with Crippen LogP contribution in [-0.2, 0) is 11.4 Å². The molecule has 0 spiro atoms. The van der Waals surface area contributed by atoms with Crippen LogP contribution in [0.25, 0.3) is 6.08 Å². The van der Waals surface area contributed by atoms with E-state index >= 15 is 0 Å². The summed E-state index contributed by atoms with van der Waals surface area (Å²) in [5, 5.41) is 2.46. The summed E-state index contributed by atoms with van der Waals surface area (Å²) < 4.78 is 5.85. The van der Waals surface area contributed by atoms with E-state index in [1.165, 1.54) is 11.8 Å². The van der Waals surface area contributed by atoms with Crippen molar-refractivity contribution in [2.24, 2.45) is 10.9 Å². The molecule has 8 heteroatoms. The van der Waals surface area contributed by atoms with Gasteiger partial charge in [0.2, 0.25) is 0 Å². The SMILES string of the molecule is CC(C)CN1C(=O)/C(=C/c2ccc(OCc3ccc(Cl)cc3Cl)cc2)SC1=Nc1ccc(Cl)cc1. The summed E-state index contributed by atoms with van der Waals surface area (Å²) in [6.45, 7) is 5.08. The van der Waals surface area contributed by atoms with E-state index in [0.717, 1.165) is 16.8 Å².